The Kier molecular flexibility index (Phi) is 4.40. The molecular formula is C13H24N2O2. The van der Waals surface area contributed by atoms with Crippen molar-refractivity contribution in [1.29, 1.82) is 0 Å². The molecule has 1 heterocycles. The molecule has 0 aromatic rings. The predicted molar refractivity (Wildman–Crippen MR) is 66.3 cm³/mol. The molecule has 98 valence electrons. The van der Waals surface area contributed by atoms with Crippen molar-refractivity contribution in [3.63, 3.8) is 0 Å². The summed E-state index contributed by atoms with van der Waals surface area (Å²) in [5.74, 6) is 0.716. The Hall–Kier alpha value is -0.610. The number of amides is 1. The molecular weight excluding hydrogens is 216 g/mol. The van der Waals surface area contributed by atoms with Crippen LogP contribution < -0.4 is 5.73 Å². The van der Waals surface area contributed by atoms with Gasteiger partial charge in [-0.2, -0.15) is 0 Å². The zero-order valence-corrected chi connectivity index (χ0v) is 10.5. The Balaban J connectivity index is 2.02. The fourth-order valence-electron chi connectivity index (χ4n) is 3.34. The molecule has 0 aromatic heterocycles. The summed E-state index contributed by atoms with van der Waals surface area (Å²) in [5, 5.41) is 9.29. The first-order chi connectivity index (χ1) is 8.27. The molecule has 0 aromatic carbocycles. The van der Waals surface area contributed by atoms with Crippen LogP contribution in [0.15, 0.2) is 0 Å². The van der Waals surface area contributed by atoms with Crippen molar-refractivity contribution in [2.45, 2.75) is 44.6 Å². The lowest BCUT2D eigenvalue weighted by Crippen LogP contribution is -2.45. The van der Waals surface area contributed by atoms with Crippen LogP contribution in [0.3, 0.4) is 0 Å². The van der Waals surface area contributed by atoms with Gasteiger partial charge in [-0.25, -0.2) is 0 Å². The number of hydrogen-bond acceptors (Lipinski definition) is 3. The summed E-state index contributed by atoms with van der Waals surface area (Å²) in [4.78, 5) is 14.4. The van der Waals surface area contributed by atoms with E-state index in [0.29, 0.717) is 12.5 Å². The van der Waals surface area contributed by atoms with Crippen LogP contribution in [0, 0.1) is 11.8 Å². The van der Waals surface area contributed by atoms with Gasteiger partial charge in [-0.05, 0) is 38.1 Å². The van der Waals surface area contributed by atoms with E-state index in [1.807, 2.05) is 4.90 Å². The molecule has 2 rings (SSSR count). The summed E-state index contributed by atoms with van der Waals surface area (Å²) in [5.41, 5.74) is 5.78. The van der Waals surface area contributed by atoms with Gasteiger partial charge in [0.05, 0.1) is 12.6 Å². The third kappa shape index (κ3) is 2.63. The van der Waals surface area contributed by atoms with Gasteiger partial charge in [-0.15, -0.1) is 0 Å². The molecule has 1 aliphatic heterocycles. The molecule has 0 bridgehead atoms. The standard InChI is InChI=1S/C13H24N2O2/c14-8-10-4-1-2-6-12(10)13(17)15-7-3-5-11(15)9-16/h10-12,16H,1-9,14H2/t10?,11-,12?/m0/s1. The molecule has 1 aliphatic carbocycles. The SMILES string of the molecule is NCC1CCCCC1C(=O)N1CCC[C@H]1CO. The molecule has 2 fully saturated rings. The van der Waals surface area contributed by atoms with Gasteiger partial charge in [0.2, 0.25) is 5.91 Å². The number of nitrogens with two attached hydrogens (primary N) is 1. The first kappa shape index (κ1) is 12.8. The maximum Gasteiger partial charge on any atom is 0.226 e. The number of rotatable bonds is 3. The van der Waals surface area contributed by atoms with E-state index in [1.54, 1.807) is 0 Å². The van der Waals surface area contributed by atoms with Crippen LogP contribution in [0.2, 0.25) is 0 Å². The number of aliphatic hydroxyl groups is 1. The predicted octanol–water partition coefficient (Wildman–Crippen LogP) is 0.735. The highest BCUT2D eigenvalue weighted by molar-refractivity contribution is 5.80. The summed E-state index contributed by atoms with van der Waals surface area (Å²) in [7, 11) is 0. The number of likely N-dealkylation sites (tertiary alicyclic amines) is 1. The number of hydrogen-bond donors (Lipinski definition) is 2. The fourth-order valence-corrected chi connectivity index (χ4v) is 3.34. The molecule has 4 heteroatoms. The van der Waals surface area contributed by atoms with Gasteiger partial charge in [0.15, 0.2) is 0 Å². The summed E-state index contributed by atoms with van der Waals surface area (Å²) in [6, 6.07) is 0.0582. The summed E-state index contributed by atoms with van der Waals surface area (Å²) < 4.78 is 0. The highest BCUT2D eigenvalue weighted by Crippen LogP contribution is 2.32. The smallest absolute Gasteiger partial charge is 0.226 e. The molecule has 1 saturated heterocycles. The zero-order valence-electron chi connectivity index (χ0n) is 10.5. The monoisotopic (exact) mass is 240 g/mol. The van der Waals surface area contributed by atoms with Crippen molar-refractivity contribution in [3.8, 4) is 0 Å². The molecule has 0 radical (unpaired) electrons. The Labute approximate surface area is 103 Å². The minimum absolute atomic E-state index is 0.0582. The van der Waals surface area contributed by atoms with Crippen LogP contribution in [0.1, 0.15) is 38.5 Å². The average molecular weight is 240 g/mol. The lowest BCUT2D eigenvalue weighted by atomic mass is 9.78. The van der Waals surface area contributed by atoms with Gasteiger partial charge >= 0.3 is 0 Å². The van der Waals surface area contributed by atoms with E-state index >= 15 is 0 Å². The van der Waals surface area contributed by atoms with Crippen molar-refractivity contribution in [3.05, 3.63) is 0 Å². The Morgan fingerprint density at radius 2 is 2.00 bits per heavy atom. The van der Waals surface area contributed by atoms with Gasteiger partial charge in [0.1, 0.15) is 0 Å². The minimum Gasteiger partial charge on any atom is -0.394 e. The number of carbonyl (C=O) groups is 1. The zero-order chi connectivity index (χ0) is 12.3. The van der Waals surface area contributed by atoms with Crippen molar-refractivity contribution < 1.29 is 9.90 Å². The molecule has 2 unspecified atom stereocenters. The van der Waals surface area contributed by atoms with E-state index in [2.05, 4.69) is 0 Å². The third-order valence-corrected chi connectivity index (χ3v) is 4.40. The maximum absolute atomic E-state index is 12.5. The average Bonchev–Trinajstić information content (AvgIpc) is 2.86. The van der Waals surface area contributed by atoms with Crippen molar-refractivity contribution in [1.82, 2.24) is 4.90 Å². The fraction of sp³-hybridized carbons (Fsp3) is 0.923. The third-order valence-electron chi connectivity index (χ3n) is 4.40. The van der Waals surface area contributed by atoms with Crippen LogP contribution in [0.25, 0.3) is 0 Å². The van der Waals surface area contributed by atoms with Crippen molar-refractivity contribution >= 4 is 5.91 Å². The molecule has 1 saturated carbocycles. The highest BCUT2D eigenvalue weighted by Gasteiger charge is 2.37. The molecule has 4 nitrogen and oxygen atoms in total. The van der Waals surface area contributed by atoms with Gasteiger partial charge in [-0.3, -0.25) is 4.79 Å². The van der Waals surface area contributed by atoms with Crippen LogP contribution in [-0.2, 0) is 4.79 Å². The van der Waals surface area contributed by atoms with E-state index < -0.39 is 0 Å². The summed E-state index contributed by atoms with van der Waals surface area (Å²) >= 11 is 0. The second-order valence-electron chi connectivity index (χ2n) is 5.40. The first-order valence-electron chi connectivity index (χ1n) is 6.89. The minimum atomic E-state index is 0.0582. The molecule has 17 heavy (non-hydrogen) atoms. The van der Waals surface area contributed by atoms with Gasteiger partial charge in [0, 0.05) is 12.5 Å². The quantitative estimate of drug-likeness (QED) is 0.764. The second kappa shape index (κ2) is 5.83. The Morgan fingerprint density at radius 1 is 1.24 bits per heavy atom. The van der Waals surface area contributed by atoms with Crippen molar-refractivity contribution in [2.75, 3.05) is 19.7 Å². The van der Waals surface area contributed by atoms with Crippen LogP contribution >= 0.6 is 0 Å². The normalized spacial score (nSPS) is 34.0. The highest BCUT2D eigenvalue weighted by atomic mass is 16.3. The molecule has 1 amide bonds. The van der Waals surface area contributed by atoms with E-state index in [1.165, 1.54) is 6.42 Å². The Morgan fingerprint density at radius 3 is 2.71 bits per heavy atom. The maximum atomic E-state index is 12.5. The van der Waals surface area contributed by atoms with Crippen LogP contribution in [0.4, 0.5) is 0 Å². The van der Waals surface area contributed by atoms with Gasteiger partial charge in [0.25, 0.3) is 0 Å². The van der Waals surface area contributed by atoms with Gasteiger partial charge in [-0.1, -0.05) is 12.8 Å². The first-order valence-corrected chi connectivity index (χ1v) is 6.89. The topological polar surface area (TPSA) is 66.6 Å². The van der Waals surface area contributed by atoms with Gasteiger partial charge < -0.3 is 15.7 Å². The molecule has 3 N–H and O–H groups in total. The summed E-state index contributed by atoms with van der Waals surface area (Å²) in [6.07, 6.45) is 6.39. The molecule has 3 atom stereocenters. The van der Waals surface area contributed by atoms with Crippen molar-refractivity contribution in [2.24, 2.45) is 17.6 Å². The van der Waals surface area contributed by atoms with E-state index in [9.17, 15) is 9.90 Å². The summed E-state index contributed by atoms with van der Waals surface area (Å²) in [6.45, 7) is 1.54. The lowest BCUT2D eigenvalue weighted by molar-refractivity contribution is -0.140. The van der Waals surface area contributed by atoms with E-state index in [4.69, 9.17) is 5.73 Å². The second-order valence-corrected chi connectivity index (χ2v) is 5.40. The molecule has 0 spiro atoms. The van der Waals surface area contributed by atoms with E-state index in [-0.39, 0.29) is 24.5 Å². The number of aliphatic hydroxyl groups excluding tert-OH is 1. The van der Waals surface area contributed by atoms with Crippen LogP contribution in [-0.4, -0.2) is 41.7 Å². The van der Waals surface area contributed by atoms with E-state index in [0.717, 1.165) is 38.6 Å². The largest absolute Gasteiger partial charge is 0.394 e. The Bertz CT molecular complexity index is 270. The number of carbonyl (C=O) groups excluding carboxylic acids is 1. The lowest BCUT2D eigenvalue weighted by Gasteiger charge is -2.34. The molecule has 2 aliphatic rings. The number of nitrogens with zero attached hydrogens (tertiary/aromatic N) is 1. The van der Waals surface area contributed by atoms with Crippen LogP contribution in [0.5, 0.6) is 0 Å².